The zero-order valence-electron chi connectivity index (χ0n) is 6.60. The lowest BCUT2D eigenvalue weighted by atomic mass is 10.1. The predicted octanol–water partition coefficient (Wildman–Crippen LogP) is 1.93. The van der Waals surface area contributed by atoms with Gasteiger partial charge in [-0.1, -0.05) is 17.7 Å². The molecule has 70 valence electrons. The molecule has 1 aromatic heterocycles. The highest BCUT2D eigenvalue weighted by Crippen LogP contribution is 2.58. The number of hydrogen-bond donors (Lipinski definition) is 1. The second kappa shape index (κ2) is 2.39. The summed E-state index contributed by atoms with van der Waals surface area (Å²) in [6, 6.07) is 3.03. The minimum atomic E-state index is -2.85. The van der Waals surface area contributed by atoms with Crippen molar-refractivity contribution in [2.75, 3.05) is 0 Å². The molecule has 1 saturated carbocycles. The van der Waals surface area contributed by atoms with Gasteiger partial charge in [0.25, 0.3) is 5.92 Å². The molecular formula is C8H7ClF2N2. The molecule has 0 spiro atoms. The van der Waals surface area contributed by atoms with Gasteiger partial charge >= 0.3 is 0 Å². The summed E-state index contributed by atoms with van der Waals surface area (Å²) in [5.74, 6) is -2.85. The van der Waals surface area contributed by atoms with Crippen LogP contribution in [0.1, 0.15) is 12.0 Å². The number of aromatic nitrogens is 1. The van der Waals surface area contributed by atoms with E-state index in [1.165, 1.54) is 12.3 Å². The molecule has 2 rings (SSSR count). The number of nitrogens with zero attached hydrogens (tertiary/aromatic N) is 1. The van der Waals surface area contributed by atoms with E-state index in [0.717, 1.165) is 0 Å². The lowest BCUT2D eigenvalue weighted by Gasteiger charge is -2.10. The summed E-state index contributed by atoms with van der Waals surface area (Å²) in [5, 5.41) is 0.0576. The fourth-order valence-electron chi connectivity index (χ4n) is 1.32. The van der Waals surface area contributed by atoms with E-state index in [1.807, 2.05) is 0 Å². The van der Waals surface area contributed by atoms with Gasteiger partial charge in [-0.15, -0.1) is 0 Å². The van der Waals surface area contributed by atoms with E-state index in [9.17, 15) is 8.78 Å². The van der Waals surface area contributed by atoms with Crippen LogP contribution in [-0.2, 0) is 5.54 Å². The second-order valence-electron chi connectivity index (χ2n) is 3.19. The van der Waals surface area contributed by atoms with E-state index in [0.29, 0.717) is 0 Å². The van der Waals surface area contributed by atoms with Crippen molar-refractivity contribution in [3.05, 3.63) is 29.0 Å². The van der Waals surface area contributed by atoms with Crippen molar-refractivity contribution in [3.8, 4) is 0 Å². The average molecular weight is 205 g/mol. The summed E-state index contributed by atoms with van der Waals surface area (Å²) in [6.07, 6.45) is 1.08. The van der Waals surface area contributed by atoms with E-state index in [4.69, 9.17) is 17.3 Å². The third-order valence-electron chi connectivity index (χ3n) is 2.27. The van der Waals surface area contributed by atoms with Crippen LogP contribution in [0.25, 0.3) is 0 Å². The number of rotatable bonds is 1. The highest BCUT2D eigenvalue weighted by atomic mass is 35.5. The maximum absolute atomic E-state index is 12.8. The zero-order valence-corrected chi connectivity index (χ0v) is 7.35. The largest absolute Gasteiger partial charge is 0.316 e. The van der Waals surface area contributed by atoms with Crippen LogP contribution in [0.2, 0.25) is 5.15 Å². The first-order valence-electron chi connectivity index (χ1n) is 3.75. The van der Waals surface area contributed by atoms with Crippen LogP contribution < -0.4 is 5.73 Å². The Kier molecular flexibility index (Phi) is 1.63. The number of alkyl halides is 2. The molecule has 1 aromatic rings. The molecule has 2 nitrogen and oxygen atoms in total. The van der Waals surface area contributed by atoms with E-state index in [1.54, 1.807) is 6.07 Å². The molecule has 5 heteroatoms. The summed E-state index contributed by atoms with van der Waals surface area (Å²) in [5.41, 5.74) is 4.10. The molecule has 0 bridgehead atoms. The minimum Gasteiger partial charge on any atom is -0.316 e. The Balaban J connectivity index is 2.44. The van der Waals surface area contributed by atoms with Gasteiger partial charge in [-0.3, -0.25) is 0 Å². The zero-order chi connectivity index (χ0) is 9.69. The maximum Gasteiger partial charge on any atom is 0.272 e. The van der Waals surface area contributed by atoms with E-state index < -0.39 is 11.5 Å². The monoisotopic (exact) mass is 204 g/mol. The van der Waals surface area contributed by atoms with Crippen LogP contribution in [0.15, 0.2) is 18.3 Å². The molecule has 1 aliphatic carbocycles. The molecule has 0 saturated heterocycles. The second-order valence-corrected chi connectivity index (χ2v) is 3.55. The summed E-state index contributed by atoms with van der Waals surface area (Å²) in [7, 11) is 0. The van der Waals surface area contributed by atoms with Gasteiger partial charge in [0.1, 0.15) is 10.7 Å². The summed E-state index contributed by atoms with van der Waals surface area (Å²) >= 11 is 5.65. The molecule has 1 fully saturated rings. The topological polar surface area (TPSA) is 38.9 Å². The Hall–Kier alpha value is -0.740. The van der Waals surface area contributed by atoms with Gasteiger partial charge in [0.15, 0.2) is 0 Å². The first kappa shape index (κ1) is 8.84. The molecule has 13 heavy (non-hydrogen) atoms. The molecule has 1 heterocycles. The normalized spacial score (nSPS) is 30.2. The van der Waals surface area contributed by atoms with Gasteiger partial charge in [-0.25, -0.2) is 13.8 Å². The molecule has 1 unspecified atom stereocenters. The van der Waals surface area contributed by atoms with Gasteiger partial charge in [0.05, 0.1) is 0 Å². The van der Waals surface area contributed by atoms with Gasteiger partial charge in [0.2, 0.25) is 0 Å². The fourth-order valence-corrected chi connectivity index (χ4v) is 1.61. The molecule has 0 aromatic carbocycles. The number of pyridine rings is 1. The quantitative estimate of drug-likeness (QED) is 0.710. The lowest BCUT2D eigenvalue weighted by Crippen LogP contribution is -2.27. The Morgan fingerprint density at radius 3 is 2.62 bits per heavy atom. The third kappa shape index (κ3) is 1.13. The lowest BCUT2D eigenvalue weighted by molar-refractivity contribution is 0.0890. The Bertz CT molecular complexity index is 356. The highest BCUT2D eigenvalue weighted by molar-refractivity contribution is 6.30. The molecular weight excluding hydrogens is 198 g/mol. The molecule has 2 N–H and O–H groups in total. The van der Waals surface area contributed by atoms with Gasteiger partial charge < -0.3 is 5.73 Å². The summed E-state index contributed by atoms with van der Waals surface area (Å²) < 4.78 is 25.7. The van der Waals surface area contributed by atoms with Crippen molar-refractivity contribution in [1.29, 1.82) is 0 Å². The van der Waals surface area contributed by atoms with Crippen LogP contribution in [-0.4, -0.2) is 10.9 Å². The minimum absolute atomic E-state index is 0.0576. The van der Waals surface area contributed by atoms with E-state index in [2.05, 4.69) is 4.98 Å². The molecule has 0 aliphatic heterocycles. The Morgan fingerprint density at radius 2 is 2.15 bits per heavy atom. The van der Waals surface area contributed by atoms with Crippen LogP contribution in [0, 0.1) is 0 Å². The Morgan fingerprint density at radius 1 is 1.54 bits per heavy atom. The standard InChI is InChI=1S/C8H7ClF2N2/c9-6-5(2-1-3-13-6)7(12)4-8(7,10)11/h1-3H,4,12H2. The number of hydrogen-bond acceptors (Lipinski definition) is 2. The summed E-state index contributed by atoms with van der Waals surface area (Å²) in [6.45, 7) is 0. The first-order valence-corrected chi connectivity index (χ1v) is 4.13. The molecule has 1 atom stereocenters. The first-order chi connectivity index (χ1) is 5.97. The van der Waals surface area contributed by atoms with Crippen LogP contribution >= 0.6 is 11.6 Å². The van der Waals surface area contributed by atoms with Crippen molar-refractivity contribution in [1.82, 2.24) is 4.98 Å². The van der Waals surface area contributed by atoms with Gasteiger partial charge in [-0.2, -0.15) is 0 Å². The van der Waals surface area contributed by atoms with Crippen LogP contribution in [0.3, 0.4) is 0 Å². The van der Waals surface area contributed by atoms with Crippen LogP contribution in [0.5, 0.6) is 0 Å². The van der Waals surface area contributed by atoms with Crippen LogP contribution in [0.4, 0.5) is 8.78 Å². The fraction of sp³-hybridized carbons (Fsp3) is 0.375. The van der Waals surface area contributed by atoms with Gasteiger partial charge in [0, 0.05) is 18.2 Å². The molecule has 1 aliphatic rings. The Labute approximate surface area is 78.7 Å². The van der Waals surface area contributed by atoms with Crippen molar-refractivity contribution in [2.24, 2.45) is 5.73 Å². The van der Waals surface area contributed by atoms with E-state index >= 15 is 0 Å². The summed E-state index contributed by atoms with van der Waals surface area (Å²) in [4.78, 5) is 3.70. The van der Waals surface area contributed by atoms with Crippen molar-refractivity contribution >= 4 is 11.6 Å². The van der Waals surface area contributed by atoms with Crippen molar-refractivity contribution in [2.45, 2.75) is 17.9 Å². The number of nitrogens with two attached hydrogens (primary N) is 1. The molecule has 0 radical (unpaired) electrons. The predicted molar refractivity (Wildman–Crippen MR) is 44.7 cm³/mol. The van der Waals surface area contributed by atoms with E-state index in [-0.39, 0.29) is 17.1 Å². The molecule has 0 amide bonds. The van der Waals surface area contributed by atoms with Crippen molar-refractivity contribution in [3.63, 3.8) is 0 Å². The number of halogens is 3. The van der Waals surface area contributed by atoms with Gasteiger partial charge in [-0.05, 0) is 6.07 Å². The SMILES string of the molecule is NC1(c2cccnc2Cl)CC1(F)F. The maximum atomic E-state index is 12.8. The highest BCUT2D eigenvalue weighted by Gasteiger charge is 2.70. The average Bonchev–Trinajstić information content (AvgIpc) is 2.53. The smallest absolute Gasteiger partial charge is 0.272 e. The third-order valence-corrected chi connectivity index (χ3v) is 2.57. The van der Waals surface area contributed by atoms with Crippen molar-refractivity contribution < 1.29 is 8.78 Å².